The largest absolute Gasteiger partial charge is 0.394 e. The van der Waals surface area contributed by atoms with Crippen LogP contribution >= 0.6 is 11.6 Å². The number of aliphatic hydroxyl groups excluding tert-OH is 1. The predicted molar refractivity (Wildman–Crippen MR) is 73.2 cm³/mol. The van der Waals surface area contributed by atoms with Gasteiger partial charge in [-0.2, -0.15) is 4.31 Å². The molecule has 1 aromatic heterocycles. The van der Waals surface area contributed by atoms with Crippen LogP contribution < -0.4 is 11.3 Å². The molecule has 0 aliphatic rings. The number of hydrazine groups is 1. The van der Waals surface area contributed by atoms with E-state index in [1.807, 2.05) is 0 Å². The second-order valence-electron chi connectivity index (χ2n) is 4.59. The van der Waals surface area contributed by atoms with Crippen molar-refractivity contribution in [1.82, 2.24) is 9.29 Å². The van der Waals surface area contributed by atoms with E-state index in [9.17, 15) is 13.5 Å². The molecule has 9 heteroatoms. The van der Waals surface area contributed by atoms with Crippen molar-refractivity contribution in [3.8, 4) is 0 Å². The fourth-order valence-corrected chi connectivity index (χ4v) is 3.01. The first-order valence-corrected chi connectivity index (χ1v) is 7.20. The second-order valence-corrected chi connectivity index (χ2v) is 6.97. The summed E-state index contributed by atoms with van der Waals surface area (Å²) < 4.78 is 25.8. The van der Waals surface area contributed by atoms with Crippen molar-refractivity contribution >= 4 is 27.4 Å². The molecule has 4 N–H and O–H groups in total. The highest BCUT2D eigenvalue weighted by Crippen LogP contribution is 2.26. The molecular formula is C10H17ClN4O3S. The SMILES string of the molecule is CN(C(C)(C)CO)S(=O)(=O)c1cnc(NN)c(Cl)c1. The van der Waals surface area contributed by atoms with E-state index in [4.69, 9.17) is 17.4 Å². The Balaban J connectivity index is 3.25. The fourth-order valence-electron chi connectivity index (χ4n) is 1.25. The molecular weight excluding hydrogens is 292 g/mol. The van der Waals surface area contributed by atoms with E-state index in [0.29, 0.717) is 0 Å². The average Bonchev–Trinajstić information content (AvgIpc) is 2.37. The summed E-state index contributed by atoms with van der Waals surface area (Å²) >= 11 is 5.85. The molecule has 0 saturated heterocycles. The minimum Gasteiger partial charge on any atom is -0.394 e. The number of aromatic nitrogens is 1. The number of nitrogens with zero attached hydrogens (tertiary/aromatic N) is 2. The van der Waals surface area contributed by atoms with E-state index in [-0.39, 0.29) is 22.3 Å². The summed E-state index contributed by atoms with van der Waals surface area (Å²) in [5.41, 5.74) is 1.32. The van der Waals surface area contributed by atoms with Crippen molar-refractivity contribution in [3.63, 3.8) is 0 Å². The molecule has 0 aliphatic heterocycles. The fraction of sp³-hybridized carbons (Fsp3) is 0.500. The van der Waals surface area contributed by atoms with Crippen molar-refractivity contribution in [2.75, 3.05) is 19.1 Å². The number of sulfonamides is 1. The van der Waals surface area contributed by atoms with E-state index in [1.165, 1.54) is 13.1 Å². The Hall–Kier alpha value is -0.930. The Bertz CT molecular complexity index is 562. The van der Waals surface area contributed by atoms with Gasteiger partial charge in [0.25, 0.3) is 0 Å². The van der Waals surface area contributed by atoms with Gasteiger partial charge in [0.2, 0.25) is 10.0 Å². The molecule has 0 unspecified atom stereocenters. The molecule has 108 valence electrons. The van der Waals surface area contributed by atoms with Gasteiger partial charge in [-0.25, -0.2) is 19.2 Å². The van der Waals surface area contributed by atoms with Crippen LogP contribution in [0, 0.1) is 0 Å². The van der Waals surface area contributed by atoms with Gasteiger partial charge in [0.15, 0.2) is 5.82 Å². The van der Waals surface area contributed by atoms with E-state index in [1.54, 1.807) is 13.8 Å². The maximum absolute atomic E-state index is 12.4. The van der Waals surface area contributed by atoms with E-state index < -0.39 is 15.6 Å². The quantitative estimate of drug-likeness (QED) is 0.537. The smallest absolute Gasteiger partial charge is 0.244 e. The Morgan fingerprint density at radius 2 is 2.16 bits per heavy atom. The number of pyridine rings is 1. The number of hydrogen-bond acceptors (Lipinski definition) is 6. The topological polar surface area (TPSA) is 109 Å². The van der Waals surface area contributed by atoms with Crippen LogP contribution in [0.2, 0.25) is 5.02 Å². The summed E-state index contributed by atoms with van der Waals surface area (Å²) in [4.78, 5) is 3.75. The van der Waals surface area contributed by atoms with Crippen LogP contribution in [0.15, 0.2) is 17.2 Å². The van der Waals surface area contributed by atoms with Gasteiger partial charge in [-0.15, -0.1) is 0 Å². The van der Waals surface area contributed by atoms with Crippen LogP contribution in [0.3, 0.4) is 0 Å². The van der Waals surface area contributed by atoms with Gasteiger partial charge in [-0.1, -0.05) is 11.6 Å². The van der Waals surface area contributed by atoms with Crippen molar-refractivity contribution in [2.45, 2.75) is 24.3 Å². The standard InChI is InChI=1S/C10H17ClN4O3S/c1-10(2,6-16)15(3)19(17,18)7-4-8(11)9(14-12)13-5-7/h4-5,16H,6,12H2,1-3H3,(H,13,14). The van der Waals surface area contributed by atoms with Gasteiger partial charge in [-0.3, -0.25) is 0 Å². The lowest BCUT2D eigenvalue weighted by Gasteiger charge is -2.32. The average molecular weight is 309 g/mol. The lowest BCUT2D eigenvalue weighted by Crippen LogP contribution is -2.47. The van der Waals surface area contributed by atoms with Gasteiger partial charge in [0, 0.05) is 13.2 Å². The molecule has 1 heterocycles. The number of rotatable bonds is 5. The molecule has 0 saturated carbocycles. The van der Waals surface area contributed by atoms with Crippen molar-refractivity contribution in [3.05, 3.63) is 17.3 Å². The highest BCUT2D eigenvalue weighted by molar-refractivity contribution is 7.89. The molecule has 0 amide bonds. The first-order chi connectivity index (χ1) is 8.66. The molecule has 0 radical (unpaired) electrons. The zero-order valence-corrected chi connectivity index (χ0v) is 12.5. The van der Waals surface area contributed by atoms with Gasteiger partial charge in [0.05, 0.1) is 17.2 Å². The van der Waals surface area contributed by atoms with E-state index in [0.717, 1.165) is 10.5 Å². The van der Waals surface area contributed by atoms with Crippen LogP contribution in [0.4, 0.5) is 5.82 Å². The highest BCUT2D eigenvalue weighted by atomic mass is 35.5. The Labute approximate surface area is 117 Å². The Morgan fingerprint density at radius 3 is 2.58 bits per heavy atom. The molecule has 1 aromatic rings. The summed E-state index contributed by atoms with van der Waals surface area (Å²) in [5, 5.41) is 9.33. The number of nitrogens with one attached hydrogen (secondary N) is 1. The number of halogens is 1. The molecule has 0 atom stereocenters. The van der Waals surface area contributed by atoms with E-state index >= 15 is 0 Å². The molecule has 0 aliphatic carbocycles. The molecule has 19 heavy (non-hydrogen) atoms. The minimum absolute atomic E-state index is 0.0690. The van der Waals surface area contributed by atoms with Gasteiger partial charge in [0.1, 0.15) is 4.90 Å². The maximum atomic E-state index is 12.4. The molecule has 0 fully saturated rings. The summed E-state index contributed by atoms with van der Waals surface area (Å²) in [6, 6.07) is 1.25. The summed E-state index contributed by atoms with van der Waals surface area (Å²) in [6.07, 6.45) is 1.15. The van der Waals surface area contributed by atoms with Crippen LogP contribution in [0.5, 0.6) is 0 Å². The molecule has 1 rings (SSSR count). The lowest BCUT2D eigenvalue weighted by molar-refractivity contribution is 0.138. The first-order valence-electron chi connectivity index (χ1n) is 5.39. The molecule has 7 nitrogen and oxygen atoms in total. The lowest BCUT2D eigenvalue weighted by atomic mass is 10.1. The zero-order chi connectivity index (χ0) is 14.8. The number of likely N-dealkylation sites (N-methyl/N-ethyl adjacent to an activating group) is 1. The number of nitrogens with two attached hydrogens (primary N) is 1. The third kappa shape index (κ3) is 3.15. The predicted octanol–water partition coefficient (Wildman–Crippen LogP) is 0.412. The number of aliphatic hydroxyl groups is 1. The summed E-state index contributed by atoms with van der Waals surface area (Å²) in [6.45, 7) is 2.90. The summed E-state index contributed by atoms with van der Waals surface area (Å²) in [7, 11) is -2.41. The maximum Gasteiger partial charge on any atom is 0.244 e. The van der Waals surface area contributed by atoms with Crippen molar-refractivity contribution in [1.29, 1.82) is 0 Å². The monoisotopic (exact) mass is 308 g/mol. The van der Waals surface area contributed by atoms with Crippen LogP contribution in [-0.4, -0.2) is 42.0 Å². The third-order valence-electron chi connectivity index (χ3n) is 2.85. The van der Waals surface area contributed by atoms with Gasteiger partial charge >= 0.3 is 0 Å². The van der Waals surface area contributed by atoms with Crippen molar-refractivity contribution < 1.29 is 13.5 Å². The first kappa shape index (κ1) is 16.1. The Morgan fingerprint density at radius 1 is 1.58 bits per heavy atom. The zero-order valence-electron chi connectivity index (χ0n) is 10.9. The van der Waals surface area contributed by atoms with Crippen LogP contribution in [-0.2, 0) is 10.0 Å². The highest BCUT2D eigenvalue weighted by Gasteiger charge is 2.34. The molecule has 0 aromatic carbocycles. The number of nitrogen functional groups attached to an aromatic ring is 1. The van der Waals surface area contributed by atoms with Crippen LogP contribution in [0.25, 0.3) is 0 Å². The number of hydrogen-bond donors (Lipinski definition) is 3. The summed E-state index contributed by atoms with van der Waals surface area (Å²) in [5.74, 6) is 5.36. The Kier molecular flexibility index (Phi) is 4.75. The molecule has 0 bridgehead atoms. The van der Waals surface area contributed by atoms with E-state index in [2.05, 4.69) is 10.4 Å². The number of anilines is 1. The van der Waals surface area contributed by atoms with Crippen molar-refractivity contribution in [2.24, 2.45) is 5.84 Å². The second kappa shape index (κ2) is 5.59. The van der Waals surface area contributed by atoms with Gasteiger partial charge < -0.3 is 10.5 Å². The van der Waals surface area contributed by atoms with Gasteiger partial charge in [-0.05, 0) is 19.9 Å². The molecule has 0 spiro atoms. The third-order valence-corrected chi connectivity index (χ3v) is 5.17. The minimum atomic E-state index is -3.80. The normalized spacial score (nSPS) is 12.8. The van der Waals surface area contributed by atoms with Crippen LogP contribution in [0.1, 0.15) is 13.8 Å².